The first-order valence-electron chi connectivity index (χ1n) is 7.34. The van der Waals surface area contributed by atoms with Gasteiger partial charge in [0.25, 0.3) is 0 Å². The Hall–Kier alpha value is -1.92. The fourth-order valence-corrected chi connectivity index (χ4v) is 2.58. The lowest BCUT2D eigenvalue weighted by molar-refractivity contribution is -0.148. The van der Waals surface area contributed by atoms with Gasteiger partial charge in [0, 0.05) is 6.54 Å². The Labute approximate surface area is 124 Å². The van der Waals surface area contributed by atoms with Gasteiger partial charge < -0.3 is 10.2 Å². The van der Waals surface area contributed by atoms with Crippen molar-refractivity contribution in [2.45, 2.75) is 46.8 Å². The molecule has 0 aliphatic carbocycles. The van der Waals surface area contributed by atoms with E-state index < -0.39 is 6.04 Å². The molecule has 1 fully saturated rings. The van der Waals surface area contributed by atoms with Gasteiger partial charge in [0.1, 0.15) is 18.2 Å². The number of carbonyl (C=O) groups excluding carboxylic acids is 2. The van der Waals surface area contributed by atoms with Crippen LogP contribution >= 0.6 is 0 Å². The molecule has 1 aliphatic heterocycles. The van der Waals surface area contributed by atoms with Crippen LogP contribution in [0.15, 0.2) is 6.33 Å². The Morgan fingerprint density at radius 2 is 2.05 bits per heavy atom. The lowest BCUT2D eigenvalue weighted by Gasteiger charge is -2.36. The maximum Gasteiger partial charge on any atom is 0.243 e. The molecule has 2 amide bonds. The van der Waals surface area contributed by atoms with Crippen molar-refractivity contribution >= 4 is 11.8 Å². The topological polar surface area (TPSA) is 80.1 Å². The summed E-state index contributed by atoms with van der Waals surface area (Å²) in [5.41, 5.74) is 0. The molecule has 0 radical (unpaired) electrons. The van der Waals surface area contributed by atoms with Crippen LogP contribution in [-0.2, 0) is 22.7 Å². The second-order valence-electron chi connectivity index (χ2n) is 6.18. The molecule has 21 heavy (non-hydrogen) atoms. The van der Waals surface area contributed by atoms with Crippen LogP contribution in [-0.4, -0.2) is 44.1 Å². The molecule has 7 nitrogen and oxygen atoms in total. The third-order valence-electron chi connectivity index (χ3n) is 3.52. The van der Waals surface area contributed by atoms with E-state index in [4.69, 9.17) is 0 Å². The smallest absolute Gasteiger partial charge is 0.243 e. The van der Waals surface area contributed by atoms with Crippen molar-refractivity contribution in [2.24, 2.45) is 11.8 Å². The third kappa shape index (κ3) is 3.40. The Morgan fingerprint density at radius 1 is 1.33 bits per heavy atom. The van der Waals surface area contributed by atoms with E-state index in [0.29, 0.717) is 12.5 Å². The summed E-state index contributed by atoms with van der Waals surface area (Å²) in [6.07, 6.45) is 1.50. The van der Waals surface area contributed by atoms with Crippen LogP contribution in [0.25, 0.3) is 0 Å². The minimum Gasteiger partial charge on any atom is -0.345 e. The van der Waals surface area contributed by atoms with Gasteiger partial charge in [-0.1, -0.05) is 27.7 Å². The van der Waals surface area contributed by atoms with Crippen molar-refractivity contribution in [3.63, 3.8) is 0 Å². The molecule has 1 N–H and O–H groups in total. The van der Waals surface area contributed by atoms with E-state index in [9.17, 15) is 9.59 Å². The maximum absolute atomic E-state index is 12.2. The van der Waals surface area contributed by atoms with E-state index in [-0.39, 0.29) is 24.3 Å². The summed E-state index contributed by atoms with van der Waals surface area (Å²) in [5.74, 6) is 1.03. The number of nitrogens with zero attached hydrogens (tertiary/aromatic N) is 4. The zero-order valence-electron chi connectivity index (χ0n) is 13.0. The summed E-state index contributed by atoms with van der Waals surface area (Å²) >= 11 is 0. The number of rotatable bonds is 5. The van der Waals surface area contributed by atoms with Crippen molar-refractivity contribution in [1.29, 1.82) is 0 Å². The van der Waals surface area contributed by atoms with Gasteiger partial charge in [-0.3, -0.25) is 9.59 Å². The van der Waals surface area contributed by atoms with Gasteiger partial charge in [-0.15, -0.1) is 0 Å². The zero-order chi connectivity index (χ0) is 15.6. The molecule has 7 heteroatoms. The van der Waals surface area contributed by atoms with Crippen LogP contribution in [0.1, 0.15) is 33.5 Å². The fraction of sp³-hybridized carbons (Fsp3) is 0.714. The van der Waals surface area contributed by atoms with Crippen LogP contribution in [0, 0.1) is 11.8 Å². The molecule has 1 unspecified atom stereocenters. The van der Waals surface area contributed by atoms with Crippen molar-refractivity contribution < 1.29 is 9.59 Å². The molecule has 1 aliphatic rings. The molecule has 0 bridgehead atoms. The summed E-state index contributed by atoms with van der Waals surface area (Å²) in [4.78, 5) is 30.1. The van der Waals surface area contributed by atoms with Crippen LogP contribution in [0.3, 0.4) is 0 Å². The SMILES string of the molecule is CC(C)Cn1ncnc1CN1C(=O)CNC(=O)C1C(C)C. The predicted molar refractivity (Wildman–Crippen MR) is 77.0 cm³/mol. The Kier molecular flexibility index (Phi) is 4.59. The Morgan fingerprint density at radius 3 is 2.67 bits per heavy atom. The molecule has 0 spiro atoms. The minimum absolute atomic E-state index is 0.0516. The predicted octanol–water partition coefficient (Wildman–Crippen LogP) is 0.417. The average Bonchev–Trinajstić information content (AvgIpc) is 2.80. The van der Waals surface area contributed by atoms with Crippen LogP contribution in [0.4, 0.5) is 0 Å². The standard InChI is InChI=1S/C14H23N5O2/c1-9(2)6-19-11(16-8-17-19)7-18-12(20)5-15-14(21)13(18)10(3)4/h8-10,13H,5-7H2,1-4H3,(H,15,21). The van der Waals surface area contributed by atoms with Gasteiger partial charge in [-0.05, 0) is 11.8 Å². The number of amides is 2. The van der Waals surface area contributed by atoms with Gasteiger partial charge >= 0.3 is 0 Å². The van der Waals surface area contributed by atoms with Crippen LogP contribution in [0.5, 0.6) is 0 Å². The highest BCUT2D eigenvalue weighted by Crippen LogP contribution is 2.17. The molecule has 2 rings (SSSR count). The monoisotopic (exact) mass is 293 g/mol. The average molecular weight is 293 g/mol. The molecular formula is C14H23N5O2. The first-order valence-corrected chi connectivity index (χ1v) is 7.34. The second kappa shape index (κ2) is 6.24. The van der Waals surface area contributed by atoms with E-state index in [0.717, 1.165) is 12.4 Å². The molecule has 2 heterocycles. The lowest BCUT2D eigenvalue weighted by Crippen LogP contribution is -2.59. The highest BCUT2D eigenvalue weighted by molar-refractivity contribution is 5.94. The van der Waals surface area contributed by atoms with Crippen molar-refractivity contribution in [2.75, 3.05) is 6.54 Å². The molecule has 1 atom stereocenters. The number of aromatic nitrogens is 3. The Bertz CT molecular complexity index is 523. The fourth-order valence-electron chi connectivity index (χ4n) is 2.58. The highest BCUT2D eigenvalue weighted by Gasteiger charge is 2.37. The van der Waals surface area contributed by atoms with Crippen molar-refractivity contribution in [3.8, 4) is 0 Å². The van der Waals surface area contributed by atoms with Gasteiger partial charge in [0.2, 0.25) is 11.8 Å². The van der Waals surface area contributed by atoms with Crippen LogP contribution < -0.4 is 5.32 Å². The Balaban J connectivity index is 2.21. The largest absolute Gasteiger partial charge is 0.345 e. The van der Waals surface area contributed by atoms with Crippen molar-refractivity contribution in [1.82, 2.24) is 25.0 Å². The molecule has 116 valence electrons. The summed E-state index contributed by atoms with van der Waals surface area (Å²) < 4.78 is 1.81. The van der Waals surface area contributed by atoms with Gasteiger partial charge in [0.05, 0.1) is 13.1 Å². The molecule has 0 aromatic carbocycles. The number of hydrogen-bond donors (Lipinski definition) is 1. The van der Waals surface area contributed by atoms with Gasteiger partial charge in [0.15, 0.2) is 0 Å². The first-order chi connectivity index (χ1) is 9.90. The summed E-state index contributed by atoms with van der Waals surface area (Å²) in [7, 11) is 0. The van der Waals surface area contributed by atoms with E-state index in [1.165, 1.54) is 6.33 Å². The normalized spacial score (nSPS) is 19.5. The minimum atomic E-state index is -0.449. The number of piperazine rings is 1. The van der Waals surface area contributed by atoms with Crippen molar-refractivity contribution in [3.05, 3.63) is 12.2 Å². The van der Waals surface area contributed by atoms with Gasteiger partial charge in [-0.25, -0.2) is 9.67 Å². The van der Waals surface area contributed by atoms with E-state index >= 15 is 0 Å². The highest BCUT2D eigenvalue weighted by atomic mass is 16.2. The summed E-state index contributed by atoms with van der Waals surface area (Å²) in [6.45, 7) is 9.20. The second-order valence-corrected chi connectivity index (χ2v) is 6.18. The maximum atomic E-state index is 12.2. The number of hydrogen-bond acceptors (Lipinski definition) is 4. The lowest BCUT2D eigenvalue weighted by atomic mass is 9.99. The quantitative estimate of drug-likeness (QED) is 0.853. The molecule has 1 aromatic rings. The van der Waals surface area contributed by atoms with E-state index in [2.05, 4.69) is 29.2 Å². The van der Waals surface area contributed by atoms with E-state index in [1.807, 2.05) is 18.5 Å². The third-order valence-corrected chi connectivity index (χ3v) is 3.52. The first kappa shape index (κ1) is 15.5. The van der Waals surface area contributed by atoms with Gasteiger partial charge in [-0.2, -0.15) is 5.10 Å². The molecule has 0 saturated carbocycles. The van der Waals surface area contributed by atoms with E-state index in [1.54, 1.807) is 4.90 Å². The molecule has 1 aromatic heterocycles. The van der Waals surface area contributed by atoms with Crippen LogP contribution in [0.2, 0.25) is 0 Å². The number of carbonyl (C=O) groups is 2. The molecular weight excluding hydrogens is 270 g/mol. The summed E-state index contributed by atoms with van der Waals surface area (Å²) in [5, 5.41) is 6.85. The summed E-state index contributed by atoms with van der Waals surface area (Å²) in [6, 6.07) is -0.449. The molecule has 1 saturated heterocycles. The zero-order valence-corrected chi connectivity index (χ0v) is 13.0. The number of nitrogens with one attached hydrogen (secondary N) is 1.